The molecular formula is C8H10Cl2Pt. The largest absolute Gasteiger partial charge is 0.0882 e. The van der Waals surface area contributed by atoms with Crippen LogP contribution in [0, 0.1) is 0 Å². The van der Waals surface area contributed by atoms with Gasteiger partial charge >= 0.3 is 0 Å². The summed E-state index contributed by atoms with van der Waals surface area (Å²) in [7, 11) is 0. The first-order valence-corrected chi connectivity index (χ1v) is 4.24. The fourth-order valence-corrected chi connectivity index (χ4v) is 1.33. The molecule has 1 rings (SSSR count). The van der Waals surface area contributed by atoms with Crippen LogP contribution in [-0.2, 0) is 21.1 Å². The molecule has 0 saturated heterocycles. The maximum absolute atomic E-state index is 5.86. The van der Waals surface area contributed by atoms with Crippen molar-refractivity contribution in [2.45, 2.75) is 25.7 Å². The molecule has 0 atom stereocenters. The van der Waals surface area contributed by atoms with E-state index in [0.29, 0.717) is 0 Å². The van der Waals surface area contributed by atoms with Crippen LogP contribution >= 0.6 is 23.2 Å². The van der Waals surface area contributed by atoms with E-state index >= 15 is 0 Å². The van der Waals surface area contributed by atoms with Gasteiger partial charge in [-0.25, -0.2) is 0 Å². The van der Waals surface area contributed by atoms with Crippen molar-refractivity contribution >= 4 is 23.2 Å². The maximum Gasteiger partial charge on any atom is 0.0329 e. The topological polar surface area (TPSA) is 0 Å². The van der Waals surface area contributed by atoms with Crippen molar-refractivity contribution in [3.63, 3.8) is 0 Å². The molecule has 11 heavy (non-hydrogen) atoms. The van der Waals surface area contributed by atoms with E-state index in [0.717, 1.165) is 35.7 Å². The van der Waals surface area contributed by atoms with Gasteiger partial charge in [-0.2, -0.15) is 0 Å². The minimum atomic E-state index is 0. The van der Waals surface area contributed by atoms with E-state index in [4.69, 9.17) is 23.2 Å². The van der Waals surface area contributed by atoms with E-state index in [2.05, 4.69) is 12.2 Å². The van der Waals surface area contributed by atoms with E-state index < -0.39 is 0 Å². The summed E-state index contributed by atoms with van der Waals surface area (Å²) >= 11 is 11.7. The summed E-state index contributed by atoms with van der Waals surface area (Å²) in [4.78, 5) is 0. The Kier molecular flexibility index (Phi) is 6.71. The number of rotatable bonds is 0. The third-order valence-corrected chi connectivity index (χ3v) is 2.45. The van der Waals surface area contributed by atoms with E-state index in [-0.39, 0.29) is 21.1 Å². The molecule has 0 aromatic heterocycles. The summed E-state index contributed by atoms with van der Waals surface area (Å²) in [6, 6.07) is 0. The molecule has 3 heteroatoms. The number of hydrogen-bond acceptors (Lipinski definition) is 0. The fourth-order valence-electron chi connectivity index (χ4n) is 0.927. The average Bonchev–Trinajstić information content (AvgIpc) is 1.92. The molecule has 0 nitrogen and oxygen atoms in total. The molecule has 0 bridgehead atoms. The van der Waals surface area contributed by atoms with Crippen LogP contribution in [0.15, 0.2) is 22.2 Å². The van der Waals surface area contributed by atoms with Crippen molar-refractivity contribution in [3.05, 3.63) is 22.2 Å². The molecular weight excluding hydrogens is 362 g/mol. The van der Waals surface area contributed by atoms with Crippen molar-refractivity contribution in [1.29, 1.82) is 0 Å². The van der Waals surface area contributed by atoms with E-state index in [1.54, 1.807) is 0 Å². The number of hydrogen-bond donors (Lipinski definition) is 0. The van der Waals surface area contributed by atoms with Gasteiger partial charge in [0.25, 0.3) is 0 Å². The van der Waals surface area contributed by atoms with Gasteiger partial charge in [0.2, 0.25) is 0 Å². The summed E-state index contributed by atoms with van der Waals surface area (Å²) in [6.07, 6.45) is 8.16. The molecule has 0 heterocycles. The summed E-state index contributed by atoms with van der Waals surface area (Å²) in [5, 5.41) is 1.68. The van der Waals surface area contributed by atoms with Gasteiger partial charge in [-0.3, -0.25) is 0 Å². The SMILES string of the molecule is ClC1=C(Cl)CCC=CCC1.[Pt]. The third kappa shape index (κ3) is 4.35. The number of halogens is 2. The predicted molar refractivity (Wildman–Crippen MR) is 46.3 cm³/mol. The zero-order valence-electron chi connectivity index (χ0n) is 6.06. The molecule has 0 spiro atoms. The molecule has 0 saturated carbocycles. The maximum atomic E-state index is 5.86. The molecule has 0 aromatic rings. The van der Waals surface area contributed by atoms with E-state index in [1.165, 1.54) is 0 Å². The first kappa shape index (κ1) is 11.7. The second kappa shape index (κ2) is 6.28. The molecule has 0 aliphatic heterocycles. The van der Waals surface area contributed by atoms with Crippen LogP contribution in [0.3, 0.4) is 0 Å². The second-order valence-corrected chi connectivity index (χ2v) is 3.27. The van der Waals surface area contributed by atoms with Crippen LogP contribution < -0.4 is 0 Å². The van der Waals surface area contributed by atoms with Gasteiger partial charge in [0.15, 0.2) is 0 Å². The van der Waals surface area contributed by atoms with Gasteiger partial charge in [0.05, 0.1) is 0 Å². The van der Waals surface area contributed by atoms with Crippen LogP contribution in [0.5, 0.6) is 0 Å². The fraction of sp³-hybridized carbons (Fsp3) is 0.500. The average molecular weight is 372 g/mol. The van der Waals surface area contributed by atoms with Gasteiger partial charge in [-0.05, 0) is 25.7 Å². The van der Waals surface area contributed by atoms with Crippen LogP contribution in [-0.4, -0.2) is 0 Å². The standard InChI is InChI=1S/C8H10Cl2.Pt/c9-7-5-3-1-2-4-6-8(7)10;/h1-2H,3-6H2;. The zero-order chi connectivity index (χ0) is 7.40. The minimum absolute atomic E-state index is 0. The van der Waals surface area contributed by atoms with Crippen molar-refractivity contribution in [3.8, 4) is 0 Å². The molecule has 0 amide bonds. The Bertz CT molecular complexity index is 155. The van der Waals surface area contributed by atoms with E-state index in [1.807, 2.05) is 0 Å². The van der Waals surface area contributed by atoms with Gasteiger partial charge in [0, 0.05) is 31.1 Å². The second-order valence-electron chi connectivity index (χ2n) is 2.36. The zero-order valence-corrected chi connectivity index (χ0v) is 9.84. The summed E-state index contributed by atoms with van der Waals surface area (Å²) < 4.78 is 0. The number of allylic oxidation sites excluding steroid dienone is 4. The van der Waals surface area contributed by atoms with Crippen molar-refractivity contribution in [2.75, 3.05) is 0 Å². The Morgan fingerprint density at radius 3 is 1.64 bits per heavy atom. The van der Waals surface area contributed by atoms with E-state index in [9.17, 15) is 0 Å². The smallest absolute Gasteiger partial charge is 0.0329 e. The van der Waals surface area contributed by atoms with Gasteiger partial charge in [-0.1, -0.05) is 35.4 Å². The monoisotopic (exact) mass is 371 g/mol. The van der Waals surface area contributed by atoms with Crippen LogP contribution in [0.25, 0.3) is 0 Å². The van der Waals surface area contributed by atoms with Crippen molar-refractivity contribution < 1.29 is 21.1 Å². The Balaban J connectivity index is 0.000001000. The minimum Gasteiger partial charge on any atom is -0.0882 e. The molecule has 1 aliphatic rings. The molecule has 0 unspecified atom stereocenters. The first-order chi connectivity index (χ1) is 4.80. The van der Waals surface area contributed by atoms with Crippen LogP contribution in [0.2, 0.25) is 0 Å². The molecule has 0 radical (unpaired) electrons. The summed E-state index contributed by atoms with van der Waals surface area (Å²) in [5.74, 6) is 0. The summed E-state index contributed by atoms with van der Waals surface area (Å²) in [5.41, 5.74) is 0. The summed E-state index contributed by atoms with van der Waals surface area (Å²) in [6.45, 7) is 0. The van der Waals surface area contributed by atoms with Gasteiger partial charge < -0.3 is 0 Å². The van der Waals surface area contributed by atoms with Crippen LogP contribution in [0.1, 0.15) is 25.7 Å². The quantitative estimate of drug-likeness (QED) is 0.568. The Labute approximate surface area is 91.9 Å². The van der Waals surface area contributed by atoms with Gasteiger partial charge in [-0.15, -0.1) is 0 Å². The molecule has 0 N–H and O–H groups in total. The van der Waals surface area contributed by atoms with Crippen molar-refractivity contribution in [2.24, 2.45) is 0 Å². The third-order valence-electron chi connectivity index (χ3n) is 1.52. The predicted octanol–water partition coefficient (Wildman–Crippen LogP) is 3.80. The Morgan fingerprint density at radius 1 is 0.909 bits per heavy atom. The molecule has 66 valence electrons. The Hall–Kier alpha value is 0.748. The van der Waals surface area contributed by atoms with Gasteiger partial charge in [0.1, 0.15) is 0 Å². The Morgan fingerprint density at radius 2 is 1.27 bits per heavy atom. The van der Waals surface area contributed by atoms with Crippen LogP contribution in [0.4, 0.5) is 0 Å². The molecule has 1 aliphatic carbocycles. The first-order valence-electron chi connectivity index (χ1n) is 3.48. The molecule has 0 fully saturated rings. The van der Waals surface area contributed by atoms with Crippen molar-refractivity contribution in [1.82, 2.24) is 0 Å². The normalized spacial score (nSPS) is 18.7. The molecule has 0 aromatic carbocycles.